The zero-order valence-electron chi connectivity index (χ0n) is 9.55. The van der Waals surface area contributed by atoms with E-state index in [1.54, 1.807) is 0 Å². The second-order valence-electron chi connectivity index (χ2n) is 4.45. The molecule has 0 saturated heterocycles. The molecule has 3 rings (SSSR count). The van der Waals surface area contributed by atoms with Gasteiger partial charge in [-0.1, -0.05) is 11.6 Å². The standard InChI is InChI=1S/C14H11ClN2/c1-8-12(15)6-5-10-11(7-16)9-3-2-4-13(9)17-14(8)10/h5-6H,2-4H2,1H3. The number of aromatic nitrogens is 1. The van der Waals surface area contributed by atoms with Crippen molar-refractivity contribution in [2.24, 2.45) is 0 Å². The molecule has 2 aromatic rings. The summed E-state index contributed by atoms with van der Waals surface area (Å²) >= 11 is 6.11. The highest BCUT2D eigenvalue weighted by molar-refractivity contribution is 6.32. The topological polar surface area (TPSA) is 36.7 Å². The number of nitriles is 1. The largest absolute Gasteiger partial charge is 0.252 e. The molecule has 0 radical (unpaired) electrons. The molecule has 1 aliphatic rings. The molecule has 0 bridgehead atoms. The summed E-state index contributed by atoms with van der Waals surface area (Å²) in [6.07, 6.45) is 3.05. The lowest BCUT2D eigenvalue weighted by molar-refractivity contribution is 0.900. The number of pyridine rings is 1. The second-order valence-corrected chi connectivity index (χ2v) is 4.85. The number of rotatable bonds is 0. The van der Waals surface area contributed by atoms with E-state index in [0.717, 1.165) is 52.5 Å². The van der Waals surface area contributed by atoms with Gasteiger partial charge in [0.15, 0.2) is 0 Å². The smallest absolute Gasteiger partial charge is 0.100 e. The fraction of sp³-hybridized carbons (Fsp3) is 0.286. The van der Waals surface area contributed by atoms with Crippen LogP contribution in [0.2, 0.25) is 5.02 Å². The van der Waals surface area contributed by atoms with E-state index in [1.165, 1.54) is 0 Å². The number of nitrogens with zero attached hydrogens (tertiary/aromatic N) is 2. The van der Waals surface area contributed by atoms with Crippen LogP contribution in [-0.2, 0) is 12.8 Å². The monoisotopic (exact) mass is 242 g/mol. The first-order valence-electron chi connectivity index (χ1n) is 5.73. The number of halogens is 1. The lowest BCUT2D eigenvalue weighted by Crippen LogP contribution is -1.97. The highest BCUT2D eigenvalue weighted by Crippen LogP contribution is 2.32. The molecule has 0 fully saturated rings. The van der Waals surface area contributed by atoms with Gasteiger partial charge in [0, 0.05) is 16.1 Å². The van der Waals surface area contributed by atoms with E-state index in [9.17, 15) is 5.26 Å². The minimum Gasteiger partial charge on any atom is -0.252 e. The van der Waals surface area contributed by atoms with Crippen molar-refractivity contribution >= 4 is 22.5 Å². The number of hydrogen-bond donors (Lipinski definition) is 0. The van der Waals surface area contributed by atoms with E-state index in [0.29, 0.717) is 5.02 Å². The summed E-state index contributed by atoms with van der Waals surface area (Å²) in [5.74, 6) is 0. The van der Waals surface area contributed by atoms with E-state index < -0.39 is 0 Å². The fourth-order valence-electron chi connectivity index (χ4n) is 2.57. The Balaban J connectivity index is 2.50. The summed E-state index contributed by atoms with van der Waals surface area (Å²) in [5, 5.41) is 11.0. The van der Waals surface area contributed by atoms with E-state index in [2.05, 4.69) is 11.1 Å². The maximum atomic E-state index is 9.35. The minimum atomic E-state index is 0.715. The van der Waals surface area contributed by atoms with Crippen molar-refractivity contribution < 1.29 is 0 Å². The first kappa shape index (κ1) is 10.6. The molecule has 1 aromatic carbocycles. The molecule has 3 heteroatoms. The van der Waals surface area contributed by atoms with Gasteiger partial charge in [-0.05, 0) is 49.4 Å². The van der Waals surface area contributed by atoms with Gasteiger partial charge in [-0.25, -0.2) is 0 Å². The Bertz CT molecular complexity index is 668. The third-order valence-corrected chi connectivity index (χ3v) is 3.89. The summed E-state index contributed by atoms with van der Waals surface area (Å²) < 4.78 is 0. The van der Waals surface area contributed by atoms with Crippen LogP contribution in [-0.4, -0.2) is 4.98 Å². The highest BCUT2D eigenvalue weighted by atomic mass is 35.5. The van der Waals surface area contributed by atoms with Crippen molar-refractivity contribution in [3.8, 4) is 6.07 Å². The van der Waals surface area contributed by atoms with Crippen LogP contribution >= 0.6 is 11.6 Å². The third kappa shape index (κ3) is 1.43. The van der Waals surface area contributed by atoms with Crippen LogP contribution in [0.4, 0.5) is 0 Å². The molecule has 2 nitrogen and oxygen atoms in total. The Kier molecular flexibility index (Phi) is 2.31. The Morgan fingerprint density at radius 3 is 2.94 bits per heavy atom. The van der Waals surface area contributed by atoms with Gasteiger partial charge >= 0.3 is 0 Å². The van der Waals surface area contributed by atoms with Crippen molar-refractivity contribution in [3.63, 3.8) is 0 Å². The maximum Gasteiger partial charge on any atom is 0.100 e. The Morgan fingerprint density at radius 1 is 1.35 bits per heavy atom. The van der Waals surface area contributed by atoms with Crippen molar-refractivity contribution in [2.75, 3.05) is 0 Å². The van der Waals surface area contributed by atoms with E-state index in [-0.39, 0.29) is 0 Å². The summed E-state index contributed by atoms with van der Waals surface area (Å²) in [4.78, 5) is 4.69. The Labute approximate surface area is 105 Å². The molecule has 0 saturated carbocycles. The van der Waals surface area contributed by atoms with Gasteiger partial charge in [0.2, 0.25) is 0 Å². The average Bonchev–Trinajstić information content (AvgIpc) is 2.79. The first-order valence-corrected chi connectivity index (χ1v) is 6.11. The van der Waals surface area contributed by atoms with Crippen LogP contribution in [0.3, 0.4) is 0 Å². The lowest BCUT2D eigenvalue weighted by atomic mass is 10.0. The first-order chi connectivity index (χ1) is 8.22. The Morgan fingerprint density at radius 2 is 2.18 bits per heavy atom. The fourth-order valence-corrected chi connectivity index (χ4v) is 2.72. The van der Waals surface area contributed by atoms with Crippen molar-refractivity contribution in [2.45, 2.75) is 26.2 Å². The van der Waals surface area contributed by atoms with Gasteiger partial charge in [-0.15, -0.1) is 0 Å². The summed E-state index contributed by atoms with van der Waals surface area (Å²) in [7, 11) is 0. The van der Waals surface area contributed by atoms with Crippen LogP contribution in [0.15, 0.2) is 12.1 Å². The van der Waals surface area contributed by atoms with Crippen LogP contribution in [0.1, 0.15) is 28.8 Å². The third-order valence-electron chi connectivity index (χ3n) is 3.48. The summed E-state index contributed by atoms with van der Waals surface area (Å²) in [5.41, 5.74) is 4.87. The van der Waals surface area contributed by atoms with Crippen LogP contribution < -0.4 is 0 Å². The molecule has 17 heavy (non-hydrogen) atoms. The summed E-state index contributed by atoms with van der Waals surface area (Å²) in [6.45, 7) is 1.96. The molecule has 0 spiro atoms. The quantitative estimate of drug-likeness (QED) is 0.708. The number of fused-ring (bicyclic) bond motifs is 2. The SMILES string of the molecule is Cc1c(Cl)ccc2c(C#N)c3c(nc12)CCC3. The lowest BCUT2D eigenvalue weighted by Gasteiger charge is -2.09. The zero-order chi connectivity index (χ0) is 12.0. The maximum absolute atomic E-state index is 9.35. The second kappa shape index (κ2) is 3.72. The van der Waals surface area contributed by atoms with E-state index >= 15 is 0 Å². The van der Waals surface area contributed by atoms with Gasteiger partial charge in [0.25, 0.3) is 0 Å². The predicted molar refractivity (Wildman–Crippen MR) is 68.2 cm³/mol. The molecule has 1 aromatic heterocycles. The van der Waals surface area contributed by atoms with Crippen molar-refractivity contribution in [1.82, 2.24) is 4.98 Å². The van der Waals surface area contributed by atoms with Crippen LogP contribution in [0, 0.1) is 18.3 Å². The summed E-state index contributed by atoms with van der Waals surface area (Å²) in [6, 6.07) is 6.10. The molecule has 0 N–H and O–H groups in total. The Hall–Kier alpha value is -1.59. The van der Waals surface area contributed by atoms with Crippen molar-refractivity contribution in [1.29, 1.82) is 5.26 Å². The van der Waals surface area contributed by atoms with E-state index in [1.807, 2.05) is 19.1 Å². The van der Waals surface area contributed by atoms with Gasteiger partial charge in [-0.3, -0.25) is 4.98 Å². The number of benzene rings is 1. The van der Waals surface area contributed by atoms with Gasteiger partial charge in [0.05, 0.1) is 11.1 Å². The van der Waals surface area contributed by atoms with Crippen LogP contribution in [0.25, 0.3) is 10.9 Å². The molecule has 0 unspecified atom stereocenters. The molecule has 0 amide bonds. The normalized spacial score (nSPS) is 13.7. The average molecular weight is 243 g/mol. The van der Waals surface area contributed by atoms with Crippen molar-refractivity contribution in [3.05, 3.63) is 39.5 Å². The minimum absolute atomic E-state index is 0.715. The zero-order valence-corrected chi connectivity index (χ0v) is 10.3. The van der Waals surface area contributed by atoms with Gasteiger partial charge in [-0.2, -0.15) is 5.26 Å². The molecule has 84 valence electrons. The molecule has 0 aliphatic heterocycles. The molecule has 1 heterocycles. The van der Waals surface area contributed by atoms with Gasteiger partial charge < -0.3 is 0 Å². The molecule has 0 atom stereocenters. The number of aryl methyl sites for hydroxylation is 2. The van der Waals surface area contributed by atoms with E-state index in [4.69, 9.17) is 11.6 Å². The number of hydrogen-bond acceptors (Lipinski definition) is 2. The molecular formula is C14H11ClN2. The molecule has 1 aliphatic carbocycles. The van der Waals surface area contributed by atoms with Crippen LogP contribution in [0.5, 0.6) is 0 Å². The van der Waals surface area contributed by atoms with Gasteiger partial charge in [0.1, 0.15) is 6.07 Å². The predicted octanol–water partition coefficient (Wildman–Crippen LogP) is 3.56. The highest BCUT2D eigenvalue weighted by Gasteiger charge is 2.20. The molecular weight excluding hydrogens is 232 g/mol.